The molecular formula is C11H13N3O. The summed E-state index contributed by atoms with van der Waals surface area (Å²) in [5.41, 5.74) is 0.730. The van der Waals surface area contributed by atoms with Crippen LogP contribution in [0.3, 0.4) is 0 Å². The third kappa shape index (κ3) is 1.30. The zero-order chi connectivity index (χ0) is 10.4. The molecule has 4 nitrogen and oxygen atoms in total. The molecule has 2 fully saturated rings. The van der Waals surface area contributed by atoms with Crippen LogP contribution in [-0.4, -0.2) is 14.9 Å². The third-order valence-electron chi connectivity index (χ3n) is 3.50. The summed E-state index contributed by atoms with van der Waals surface area (Å²) in [4.78, 5) is 0. The van der Waals surface area contributed by atoms with E-state index in [-0.39, 0.29) is 17.6 Å². The molecule has 0 amide bonds. The molecule has 1 N–H and O–H groups in total. The predicted octanol–water partition coefficient (Wildman–Crippen LogP) is 1.94. The average Bonchev–Trinajstić information content (AvgIpc) is 2.82. The Labute approximate surface area is 88.1 Å². The van der Waals surface area contributed by atoms with E-state index in [0.29, 0.717) is 6.04 Å². The van der Waals surface area contributed by atoms with Crippen molar-refractivity contribution in [2.75, 3.05) is 0 Å². The Hall–Kier alpha value is -1.50. The highest BCUT2D eigenvalue weighted by Crippen LogP contribution is 2.49. The third-order valence-corrected chi connectivity index (χ3v) is 3.50. The van der Waals surface area contributed by atoms with Crippen LogP contribution >= 0.6 is 0 Å². The van der Waals surface area contributed by atoms with Gasteiger partial charge in [0.05, 0.1) is 24.2 Å². The second-order valence-electron chi connectivity index (χ2n) is 4.54. The summed E-state index contributed by atoms with van der Waals surface area (Å²) >= 11 is 0. The first-order valence-corrected chi connectivity index (χ1v) is 5.47. The van der Waals surface area contributed by atoms with E-state index in [1.54, 1.807) is 6.20 Å². The van der Waals surface area contributed by atoms with E-state index in [9.17, 15) is 5.11 Å². The van der Waals surface area contributed by atoms with Crippen LogP contribution in [0.1, 0.15) is 43.3 Å². The van der Waals surface area contributed by atoms with Crippen LogP contribution in [0, 0.1) is 17.2 Å². The van der Waals surface area contributed by atoms with Crippen molar-refractivity contribution in [1.82, 2.24) is 9.78 Å². The van der Waals surface area contributed by atoms with Crippen LogP contribution in [0.25, 0.3) is 0 Å². The lowest BCUT2D eigenvalue weighted by atomic mass is 9.93. The first-order valence-electron chi connectivity index (χ1n) is 5.47. The van der Waals surface area contributed by atoms with Gasteiger partial charge in [-0.05, 0) is 25.7 Å². The Morgan fingerprint density at radius 2 is 2.33 bits per heavy atom. The molecule has 0 spiro atoms. The number of aromatic hydroxyl groups is 1. The van der Waals surface area contributed by atoms with E-state index >= 15 is 0 Å². The molecule has 0 aromatic carbocycles. The first-order chi connectivity index (χ1) is 7.29. The molecule has 0 bridgehead atoms. The largest absolute Gasteiger partial charge is 0.504 e. The van der Waals surface area contributed by atoms with E-state index in [0.717, 1.165) is 25.0 Å². The second-order valence-corrected chi connectivity index (χ2v) is 4.54. The van der Waals surface area contributed by atoms with E-state index < -0.39 is 0 Å². The minimum absolute atomic E-state index is 0.0700. The van der Waals surface area contributed by atoms with Crippen molar-refractivity contribution in [3.63, 3.8) is 0 Å². The lowest BCUT2D eigenvalue weighted by molar-refractivity contribution is 0.287. The standard InChI is InChI=1S/C11H13N3O/c12-5-7-4-9(7)11-10(15)6-14(13-11)8-2-1-3-8/h6-9,15H,1-4H2. The topological polar surface area (TPSA) is 61.8 Å². The summed E-state index contributed by atoms with van der Waals surface area (Å²) in [6, 6.07) is 2.70. The number of hydrogen-bond donors (Lipinski definition) is 1. The van der Waals surface area contributed by atoms with Gasteiger partial charge in [-0.3, -0.25) is 4.68 Å². The van der Waals surface area contributed by atoms with Crippen molar-refractivity contribution in [2.24, 2.45) is 5.92 Å². The van der Waals surface area contributed by atoms with Crippen LogP contribution in [0.15, 0.2) is 6.20 Å². The Morgan fingerprint density at radius 3 is 2.87 bits per heavy atom. The minimum Gasteiger partial charge on any atom is -0.504 e. The normalized spacial score (nSPS) is 29.5. The molecule has 2 unspecified atom stereocenters. The molecule has 0 aliphatic heterocycles. The van der Waals surface area contributed by atoms with Crippen LogP contribution in [0.4, 0.5) is 0 Å². The van der Waals surface area contributed by atoms with Crippen molar-refractivity contribution in [1.29, 1.82) is 5.26 Å². The molecule has 78 valence electrons. The van der Waals surface area contributed by atoms with Gasteiger partial charge >= 0.3 is 0 Å². The minimum atomic E-state index is 0.0700. The Kier molecular flexibility index (Phi) is 1.75. The lowest BCUT2D eigenvalue weighted by Gasteiger charge is -2.25. The van der Waals surface area contributed by atoms with E-state index in [2.05, 4.69) is 11.2 Å². The lowest BCUT2D eigenvalue weighted by Crippen LogP contribution is -2.17. The summed E-state index contributed by atoms with van der Waals surface area (Å²) in [7, 11) is 0. The fraction of sp³-hybridized carbons (Fsp3) is 0.636. The van der Waals surface area contributed by atoms with Gasteiger partial charge in [0.15, 0.2) is 5.75 Å². The Bertz CT molecular complexity index is 428. The smallest absolute Gasteiger partial charge is 0.157 e. The van der Waals surface area contributed by atoms with Crippen molar-refractivity contribution in [3.05, 3.63) is 11.9 Å². The predicted molar refractivity (Wildman–Crippen MR) is 53.2 cm³/mol. The van der Waals surface area contributed by atoms with Gasteiger partial charge in [0.1, 0.15) is 5.69 Å². The van der Waals surface area contributed by atoms with Crippen LogP contribution in [0.2, 0.25) is 0 Å². The van der Waals surface area contributed by atoms with Gasteiger partial charge in [-0.2, -0.15) is 10.4 Å². The fourth-order valence-corrected chi connectivity index (χ4v) is 2.14. The molecule has 0 saturated heterocycles. The monoisotopic (exact) mass is 203 g/mol. The van der Waals surface area contributed by atoms with Gasteiger partial charge in [-0.15, -0.1) is 0 Å². The molecule has 15 heavy (non-hydrogen) atoms. The zero-order valence-electron chi connectivity index (χ0n) is 8.43. The highest BCUT2D eigenvalue weighted by Gasteiger charge is 2.42. The van der Waals surface area contributed by atoms with Crippen molar-refractivity contribution in [2.45, 2.75) is 37.6 Å². The molecule has 1 aromatic rings. The highest BCUT2D eigenvalue weighted by atomic mass is 16.3. The van der Waals surface area contributed by atoms with E-state index in [1.807, 2.05) is 4.68 Å². The molecule has 0 radical (unpaired) electrons. The zero-order valence-corrected chi connectivity index (χ0v) is 8.43. The molecular weight excluding hydrogens is 190 g/mol. The summed E-state index contributed by atoms with van der Waals surface area (Å²) in [5.74, 6) is 0.515. The molecule has 2 atom stereocenters. The molecule has 1 heterocycles. The van der Waals surface area contributed by atoms with Crippen molar-refractivity contribution >= 4 is 0 Å². The number of nitrogens with zero attached hydrogens (tertiary/aromatic N) is 3. The van der Waals surface area contributed by atoms with E-state index in [4.69, 9.17) is 5.26 Å². The van der Waals surface area contributed by atoms with Gasteiger partial charge < -0.3 is 5.11 Å². The Morgan fingerprint density at radius 1 is 1.53 bits per heavy atom. The van der Waals surface area contributed by atoms with Crippen molar-refractivity contribution in [3.8, 4) is 11.8 Å². The molecule has 2 aliphatic rings. The molecule has 4 heteroatoms. The number of nitriles is 1. The Balaban J connectivity index is 1.83. The molecule has 1 aromatic heterocycles. The molecule has 2 saturated carbocycles. The maximum atomic E-state index is 9.73. The fourth-order valence-electron chi connectivity index (χ4n) is 2.14. The van der Waals surface area contributed by atoms with Crippen LogP contribution < -0.4 is 0 Å². The van der Waals surface area contributed by atoms with Gasteiger partial charge in [-0.25, -0.2) is 0 Å². The molecule has 3 rings (SSSR count). The second kappa shape index (κ2) is 2.99. The van der Waals surface area contributed by atoms with Crippen molar-refractivity contribution < 1.29 is 5.11 Å². The summed E-state index contributed by atoms with van der Waals surface area (Å²) in [5, 5.41) is 22.9. The van der Waals surface area contributed by atoms with Crippen LogP contribution in [0.5, 0.6) is 5.75 Å². The number of aromatic nitrogens is 2. The number of hydrogen-bond acceptors (Lipinski definition) is 3. The average molecular weight is 203 g/mol. The van der Waals surface area contributed by atoms with Gasteiger partial charge in [0, 0.05) is 5.92 Å². The van der Waals surface area contributed by atoms with Gasteiger partial charge in [0.25, 0.3) is 0 Å². The summed E-state index contributed by atoms with van der Waals surface area (Å²) in [6.07, 6.45) is 6.14. The quantitative estimate of drug-likeness (QED) is 0.799. The van der Waals surface area contributed by atoms with E-state index in [1.165, 1.54) is 6.42 Å². The summed E-state index contributed by atoms with van der Waals surface area (Å²) < 4.78 is 1.88. The first kappa shape index (κ1) is 8.78. The van der Waals surface area contributed by atoms with Gasteiger partial charge in [-0.1, -0.05) is 0 Å². The van der Waals surface area contributed by atoms with Crippen LogP contribution in [-0.2, 0) is 0 Å². The maximum absolute atomic E-state index is 9.73. The number of rotatable bonds is 2. The summed E-state index contributed by atoms with van der Waals surface area (Å²) in [6.45, 7) is 0. The van der Waals surface area contributed by atoms with Gasteiger partial charge in [0.2, 0.25) is 0 Å². The maximum Gasteiger partial charge on any atom is 0.157 e. The molecule has 2 aliphatic carbocycles. The SMILES string of the molecule is N#CC1CC1c1nn(C2CCC2)cc1O. The highest BCUT2D eigenvalue weighted by molar-refractivity contribution is 5.33.